The van der Waals surface area contributed by atoms with Crippen LogP contribution in [0.5, 0.6) is 0 Å². The van der Waals surface area contributed by atoms with Crippen molar-refractivity contribution in [2.24, 2.45) is 0 Å². The first-order valence-electron chi connectivity index (χ1n) is 7.70. The first-order valence-corrected chi connectivity index (χ1v) is 8.08. The van der Waals surface area contributed by atoms with Crippen molar-refractivity contribution in [1.82, 2.24) is 15.0 Å². The number of carbonyl (C=O) groups excluding carboxylic acids is 2. The summed E-state index contributed by atoms with van der Waals surface area (Å²) in [5.41, 5.74) is 1.75. The van der Waals surface area contributed by atoms with Gasteiger partial charge in [-0.25, -0.2) is 9.48 Å². The van der Waals surface area contributed by atoms with Gasteiger partial charge in [0.1, 0.15) is 0 Å². The van der Waals surface area contributed by atoms with Crippen LogP contribution < -0.4 is 5.32 Å². The van der Waals surface area contributed by atoms with E-state index >= 15 is 0 Å². The third-order valence-electron chi connectivity index (χ3n) is 3.59. The number of nitrogens with zero attached hydrogens (tertiary/aromatic N) is 3. The molecule has 0 aliphatic carbocycles. The van der Waals surface area contributed by atoms with Crippen LogP contribution >= 0.6 is 11.6 Å². The monoisotopic (exact) mass is 370 g/mol. The zero-order valence-electron chi connectivity index (χ0n) is 13.8. The number of halogens is 1. The fraction of sp³-hybridized carbons (Fsp3) is 0.111. The summed E-state index contributed by atoms with van der Waals surface area (Å²) in [4.78, 5) is 24.0. The number of amides is 1. The van der Waals surface area contributed by atoms with E-state index in [0.717, 1.165) is 5.56 Å². The van der Waals surface area contributed by atoms with E-state index < -0.39 is 11.9 Å². The zero-order chi connectivity index (χ0) is 18.5. The van der Waals surface area contributed by atoms with Gasteiger partial charge in [0, 0.05) is 0 Å². The first-order chi connectivity index (χ1) is 12.6. The molecule has 0 radical (unpaired) electrons. The molecule has 1 amide bonds. The Morgan fingerprint density at radius 2 is 1.96 bits per heavy atom. The lowest BCUT2D eigenvalue weighted by atomic mass is 10.2. The van der Waals surface area contributed by atoms with Gasteiger partial charge in [-0.1, -0.05) is 47.1 Å². The number of nitrogens with one attached hydrogen (secondary N) is 1. The number of benzene rings is 2. The van der Waals surface area contributed by atoms with Crippen LogP contribution in [-0.4, -0.2) is 34.0 Å². The molecule has 0 saturated heterocycles. The lowest BCUT2D eigenvalue weighted by Crippen LogP contribution is -2.13. The fourth-order valence-corrected chi connectivity index (χ4v) is 2.47. The highest BCUT2D eigenvalue weighted by molar-refractivity contribution is 6.34. The van der Waals surface area contributed by atoms with Gasteiger partial charge in [-0.05, 0) is 23.8 Å². The molecule has 0 saturated carbocycles. The summed E-state index contributed by atoms with van der Waals surface area (Å²) < 4.78 is 6.23. The number of rotatable bonds is 5. The number of ether oxygens (including phenoxy) is 1. The predicted octanol–water partition coefficient (Wildman–Crippen LogP) is 3.02. The SMILES string of the molecule is COC(=O)c1ccc(Cl)c(NC(=O)c2cn(Cc3ccccc3)nn2)c1. The number of carbonyl (C=O) groups is 2. The maximum absolute atomic E-state index is 12.4. The van der Waals surface area contributed by atoms with Crippen molar-refractivity contribution in [3.8, 4) is 0 Å². The van der Waals surface area contributed by atoms with E-state index in [1.165, 1.54) is 25.3 Å². The highest BCUT2D eigenvalue weighted by Gasteiger charge is 2.15. The second kappa shape index (κ2) is 7.79. The smallest absolute Gasteiger partial charge is 0.337 e. The van der Waals surface area contributed by atoms with E-state index in [2.05, 4.69) is 20.4 Å². The molecule has 132 valence electrons. The first kappa shape index (κ1) is 17.6. The molecular formula is C18H15ClN4O3. The highest BCUT2D eigenvalue weighted by Crippen LogP contribution is 2.24. The Labute approximate surface area is 154 Å². The maximum Gasteiger partial charge on any atom is 0.337 e. The minimum Gasteiger partial charge on any atom is -0.465 e. The van der Waals surface area contributed by atoms with Crippen molar-refractivity contribution in [2.45, 2.75) is 6.54 Å². The second-order valence-corrected chi connectivity index (χ2v) is 5.83. The standard InChI is InChI=1S/C18H15ClN4O3/c1-26-18(25)13-7-8-14(19)15(9-13)20-17(24)16-11-23(22-21-16)10-12-5-3-2-4-6-12/h2-9,11H,10H2,1H3,(H,20,24). The topological polar surface area (TPSA) is 86.1 Å². The average molecular weight is 371 g/mol. The quantitative estimate of drug-likeness (QED) is 0.698. The molecule has 0 unspecified atom stereocenters. The molecule has 0 aliphatic rings. The van der Waals surface area contributed by atoms with Gasteiger partial charge in [0.25, 0.3) is 5.91 Å². The van der Waals surface area contributed by atoms with E-state index in [9.17, 15) is 9.59 Å². The van der Waals surface area contributed by atoms with Crippen molar-refractivity contribution in [3.63, 3.8) is 0 Å². The molecule has 0 fully saturated rings. The van der Waals surface area contributed by atoms with Crippen LogP contribution in [0.2, 0.25) is 5.02 Å². The minimum absolute atomic E-state index is 0.139. The summed E-state index contributed by atoms with van der Waals surface area (Å²) in [5.74, 6) is -1.00. The molecule has 0 aliphatic heterocycles. The van der Waals surface area contributed by atoms with Gasteiger partial charge in [0.2, 0.25) is 0 Å². The van der Waals surface area contributed by atoms with Gasteiger partial charge in [0.15, 0.2) is 5.69 Å². The summed E-state index contributed by atoms with van der Waals surface area (Å²) in [6.07, 6.45) is 1.54. The summed E-state index contributed by atoms with van der Waals surface area (Å²) in [5, 5.41) is 10.8. The molecule has 0 atom stereocenters. The summed E-state index contributed by atoms with van der Waals surface area (Å²) in [6, 6.07) is 14.2. The lowest BCUT2D eigenvalue weighted by molar-refractivity contribution is 0.0600. The van der Waals surface area contributed by atoms with Crippen LogP contribution in [0.4, 0.5) is 5.69 Å². The Kier molecular flexibility index (Phi) is 5.28. The van der Waals surface area contributed by atoms with Gasteiger partial charge in [-0.2, -0.15) is 0 Å². The van der Waals surface area contributed by atoms with E-state index in [1.54, 1.807) is 10.9 Å². The Balaban J connectivity index is 1.74. The number of anilines is 1. The van der Waals surface area contributed by atoms with Crippen molar-refractivity contribution in [3.05, 3.63) is 76.6 Å². The summed E-state index contributed by atoms with van der Waals surface area (Å²) in [6.45, 7) is 0.500. The Morgan fingerprint density at radius 1 is 1.19 bits per heavy atom. The lowest BCUT2D eigenvalue weighted by Gasteiger charge is -2.07. The van der Waals surface area contributed by atoms with Gasteiger partial charge in [-0.15, -0.1) is 5.10 Å². The van der Waals surface area contributed by atoms with Crippen molar-refractivity contribution >= 4 is 29.2 Å². The van der Waals surface area contributed by atoms with Crippen LogP contribution in [0.1, 0.15) is 26.4 Å². The molecule has 1 N–H and O–H groups in total. The zero-order valence-corrected chi connectivity index (χ0v) is 14.6. The summed E-state index contributed by atoms with van der Waals surface area (Å²) in [7, 11) is 1.28. The van der Waals surface area contributed by atoms with Crippen molar-refractivity contribution in [2.75, 3.05) is 12.4 Å². The number of esters is 1. The molecule has 1 heterocycles. The molecular weight excluding hydrogens is 356 g/mol. The molecule has 8 heteroatoms. The second-order valence-electron chi connectivity index (χ2n) is 5.43. The van der Waals surface area contributed by atoms with Gasteiger partial charge >= 0.3 is 5.97 Å². The van der Waals surface area contributed by atoms with Crippen LogP contribution in [0.25, 0.3) is 0 Å². The number of aromatic nitrogens is 3. The minimum atomic E-state index is -0.522. The van der Waals surface area contributed by atoms with Gasteiger partial charge in [0.05, 0.1) is 36.1 Å². The molecule has 3 aromatic rings. The largest absolute Gasteiger partial charge is 0.465 e. The third-order valence-corrected chi connectivity index (χ3v) is 3.92. The van der Waals surface area contributed by atoms with Crippen LogP contribution in [0, 0.1) is 0 Å². The third kappa shape index (κ3) is 4.07. The number of hydrogen-bond acceptors (Lipinski definition) is 5. The van der Waals surface area contributed by atoms with E-state index in [1.807, 2.05) is 30.3 Å². The van der Waals surface area contributed by atoms with Crippen LogP contribution in [-0.2, 0) is 11.3 Å². The van der Waals surface area contributed by atoms with E-state index in [0.29, 0.717) is 11.6 Å². The van der Waals surface area contributed by atoms with Crippen molar-refractivity contribution in [1.29, 1.82) is 0 Å². The van der Waals surface area contributed by atoms with Gasteiger partial charge < -0.3 is 10.1 Å². The molecule has 7 nitrogen and oxygen atoms in total. The Bertz CT molecular complexity index is 941. The Morgan fingerprint density at radius 3 is 2.69 bits per heavy atom. The van der Waals surface area contributed by atoms with E-state index in [4.69, 9.17) is 11.6 Å². The maximum atomic E-state index is 12.4. The highest BCUT2D eigenvalue weighted by atomic mass is 35.5. The molecule has 1 aromatic heterocycles. The summed E-state index contributed by atoms with van der Waals surface area (Å²) >= 11 is 6.08. The average Bonchev–Trinajstić information content (AvgIpc) is 3.12. The van der Waals surface area contributed by atoms with Crippen LogP contribution in [0.3, 0.4) is 0 Å². The predicted molar refractivity (Wildman–Crippen MR) is 96.3 cm³/mol. The molecule has 26 heavy (non-hydrogen) atoms. The number of hydrogen-bond donors (Lipinski definition) is 1. The van der Waals surface area contributed by atoms with E-state index in [-0.39, 0.29) is 16.9 Å². The van der Waals surface area contributed by atoms with Gasteiger partial charge in [-0.3, -0.25) is 4.79 Å². The molecule has 2 aromatic carbocycles. The molecule has 0 bridgehead atoms. The molecule has 0 spiro atoms. The fourth-order valence-electron chi connectivity index (χ4n) is 2.30. The van der Waals surface area contributed by atoms with Crippen LogP contribution in [0.15, 0.2) is 54.7 Å². The number of methoxy groups -OCH3 is 1. The molecule has 3 rings (SSSR count). The normalized spacial score (nSPS) is 10.4. The van der Waals surface area contributed by atoms with Crippen molar-refractivity contribution < 1.29 is 14.3 Å². The Hall–Kier alpha value is -3.19.